The molecule has 1 heterocycles. The number of benzene rings is 2. The van der Waals surface area contributed by atoms with Gasteiger partial charge in [0.25, 0.3) is 0 Å². The lowest BCUT2D eigenvalue weighted by Gasteiger charge is -2.33. The molecule has 0 aliphatic carbocycles. The molecule has 156 valence electrons. The number of nitrogens with one attached hydrogen (secondary N) is 1. The molecule has 3 aromatic rings. The third-order valence-corrected chi connectivity index (χ3v) is 5.59. The van der Waals surface area contributed by atoms with Crippen molar-refractivity contribution in [1.29, 1.82) is 0 Å². The molecule has 2 aromatic carbocycles. The van der Waals surface area contributed by atoms with Crippen LogP contribution in [0.25, 0.3) is 0 Å². The summed E-state index contributed by atoms with van der Waals surface area (Å²) >= 11 is 0. The number of carbonyl (C=O) groups is 1. The van der Waals surface area contributed by atoms with E-state index < -0.39 is 11.4 Å². The maximum absolute atomic E-state index is 13.9. The van der Waals surface area contributed by atoms with Crippen LogP contribution in [-0.4, -0.2) is 10.9 Å². The Morgan fingerprint density at radius 1 is 1.13 bits per heavy atom. The molecular formula is C25H28FN3O. The van der Waals surface area contributed by atoms with Crippen molar-refractivity contribution in [2.45, 2.75) is 45.2 Å². The monoisotopic (exact) mass is 405 g/mol. The number of aromatic nitrogens is 1. The summed E-state index contributed by atoms with van der Waals surface area (Å²) in [6.45, 7) is 5.49. The number of aryl methyl sites for hydroxylation is 3. The molecule has 5 heteroatoms. The quantitative estimate of drug-likeness (QED) is 0.580. The van der Waals surface area contributed by atoms with Crippen LogP contribution in [-0.2, 0) is 16.8 Å². The fraction of sp³-hybridized carbons (Fsp3) is 0.280. The summed E-state index contributed by atoms with van der Waals surface area (Å²) < 4.78 is 13.9. The van der Waals surface area contributed by atoms with Gasteiger partial charge in [0.05, 0.1) is 0 Å². The molecule has 3 N–H and O–H groups in total. The van der Waals surface area contributed by atoms with Gasteiger partial charge in [0.1, 0.15) is 11.4 Å². The first-order chi connectivity index (χ1) is 14.3. The standard InChI is InChI=1S/C25H28FN3O/c1-17-15-20(12-13-22(17)26)23(14-11-19-10-9-18(2)28-16-19)29-25(3,24(27)30)21-7-5-4-6-8-21/h4-10,12-13,15-16,23,29H,11,14H2,1-3H3,(H2,27,30)/t23-,25-/m0/s1. The van der Waals surface area contributed by atoms with Crippen molar-refractivity contribution in [2.75, 3.05) is 0 Å². The second-order valence-electron chi connectivity index (χ2n) is 7.91. The summed E-state index contributed by atoms with van der Waals surface area (Å²) in [6.07, 6.45) is 3.32. The number of nitrogens with two attached hydrogens (primary N) is 1. The van der Waals surface area contributed by atoms with E-state index in [1.54, 1.807) is 19.9 Å². The van der Waals surface area contributed by atoms with Gasteiger partial charge in [-0.05, 0) is 68.0 Å². The Bertz CT molecular complexity index is 1000. The molecule has 2 atom stereocenters. The summed E-state index contributed by atoms with van der Waals surface area (Å²) in [4.78, 5) is 16.9. The first-order valence-electron chi connectivity index (χ1n) is 10.1. The van der Waals surface area contributed by atoms with Crippen LogP contribution in [0.3, 0.4) is 0 Å². The third kappa shape index (κ3) is 4.92. The number of amides is 1. The molecular weight excluding hydrogens is 377 g/mol. The lowest BCUT2D eigenvalue weighted by molar-refractivity contribution is -0.124. The first kappa shape index (κ1) is 21.7. The number of carbonyl (C=O) groups excluding carboxylic acids is 1. The van der Waals surface area contributed by atoms with Crippen molar-refractivity contribution in [3.63, 3.8) is 0 Å². The molecule has 30 heavy (non-hydrogen) atoms. The molecule has 1 aromatic heterocycles. The molecule has 0 unspecified atom stereocenters. The van der Waals surface area contributed by atoms with Crippen LogP contribution in [0.4, 0.5) is 4.39 Å². The van der Waals surface area contributed by atoms with Crippen LogP contribution < -0.4 is 11.1 Å². The van der Waals surface area contributed by atoms with Gasteiger partial charge in [0, 0.05) is 17.9 Å². The predicted molar refractivity (Wildman–Crippen MR) is 117 cm³/mol. The zero-order valence-electron chi connectivity index (χ0n) is 17.7. The highest BCUT2D eigenvalue weighted by Gasteiger charge is 2.35. The van der Waals surface area contributed by atoms with Crippen molar-refractivity contribution in [1.82, 2.24) is 10.3 Å². The van der Waals surface area contributed by atoms with Crippen molar-refractivity contribution < 1.29 is 9.18 Å². The molecule has 4 nitrogen and oxygen atoms in total. The molecule has 3 rings (SSSR count). The summed E-state index contributed by atoms with van der Waals surface area (Å²) in [6, 6.07) is 18.3. The minimum absolute atomic E-state index is 0.205. The van der Waals surface area contributed by atoms with Gasteiger partial charge in [0.2, 0.25) is 5.91 Å². The van der Waals surface area contributed by atoms with E-state index in [-0.39, 0.29) is 11.9 Å². The first-order valence-corrected chi connectivity index (χ1v) is 10.1. The third-order valence-electron chi connectivity index (χ3n) is 5.59. The summed E-state index contributed by atoms with van der Waals surface area (Å²) in [7, 11) is 0. The number of hydrogen-bond acceptors (Lipinski definition) is 3. The smallest absolute Gasteiger partial charge is 0.242 e. The Morgan fingerprint density at radius 3 is 2.47 bits per heavy atom. The van der Waals surface area contributed by atoms with Crippen LogP contribution >= 0.6 is 0 Å². The van der Waals surface area contributed by atoms with E-state index in [0.29, 0.717) is 12.0 Å². The number of hydrogen-bond donors (Lipinski definition) is 2. The average Bonchev–Trinajstić information content (AvgIpc) is 2.74. The van der Waals surface area contributed by atoms with Crippen molar-refractivity contribution in [3.05, 3.63) is 101 Å². The molecule has 0 saturated heterocycles. The lowest BCUT2D eigenvalue weighted by Crippen LogP contribution is -2.51. The van der Waals surface area contributed by atoms with Gasteiger partial charge in [0.15, 0.2) is 0 Å². The van der Waals surface area contributed by atoms with Crippen LogP contribution in [0.1, 0.15) is 47.3 Å². The van der Waals surface area contributed by atoms with Gasteiger partial charge in [-0.25, -0.2) is 4.39 Å². The second-order valence-corrected chi connectivity index (χ2v) is 7.91. The van der Waals surface area contributed by atoms with Gasteiger partial charge in [-0.15, -0.1) is 0 Å². The van der Waals surface area contributed by atoms with Gasteiger partial charge in [-0.2, -0.15) is 0 Å². The normalized spacial score (nSPS) is 14.1. The van der Waals surface area contributed by atoms with Gasteiger partial charge in [-0.3, -0.25) is 15.1 Å². The highest BCUT2D eigenvalue weighted by Crippen LogP contribution is 2.29. The Balaban J connectivity index is 1.93. The summed E-state index contributed by atoms with van der Waals surface area (Å²) in [5, 5.41) is 3.47. The molecule has 0 aliphatic rings. The number of nitrogens with zero attached hydrogens (tertiary/aromatic N) is 1. The van der Waals surface area contributed by atoms with Crippen molar-refractivity contribution in [2.24, 2.45) is 5.73 Å². The van der Waals surface area contributed by atoms with Crippen LogP contribution in [0.15, 0.2) is 66.9 Å². The number of rotatable bonds is 8. The maximum Gasteiger partial charge on any atom is 0.242 e. The predicted octanol–water partition coefficient (Wildman–Crippen LogP) is 4.50. The Kier molecular flexibility index (Phi) is 6.63. The van der Waals surface area contributed by atoms with E-state index in [0.717, 1.165) is 28.8 Å². The van der Waals surface area contributed by atoms with E-state index in [1.165, 1.54) is 6.07 Å². The van der Waals surface area contributed by atoms with Gasteiger partial charge >= 0.3 is 0 Å². The minimum Gasteiger partial charge on any atom is -0.368 e. The Hall–Kier alpha value is -3.05. The highest BCUT2D eigenvalue weighted by atomic mass is 19.1. The van der Waals surface area contributed by atoms with Crippen molar-refractivity contribution in [3.8, 4) is 0 Å². The van der Waals surface area contributed by atoms with E-state index in [9.17, 15) is 9.18 Å². The van der Waals surface area contributed by atoms with Crippen LogP contribution in [0.5, 0.6) is 0 Å². The molecule has 0 aliphatic heterocycles. The molecule has 0 radical (unpaired) electrons. The van der Waals surface area contributed by atoms with E-state index in [1.807, 2.05) is 55.6 Å². The number of pyridine rings is 1. The second kappa shape index (κ2) is 9.18. The molecule has 0 spiro atoms. The highest BCUT2D eigenvalue weighted by molar-refractivity contribution is 5.85. The topological polar surface area (TPSA) is 68.0 Å². The molecule has 0 fully saturated rings. The number of halogens is 1. The average molecular weight is 406 g/mol. The fourth-order valence-corrected chi connectivity index (χ4v) is 3.58. The Morgan fingerprint density at radius 2 is 1.87 bits per heavy atom. The molecule has 0 bridgehead atoms. The van der Waals surface area contributed by atoms with Crippen molar-refractivity contribution >= 4 is 5.91 Å². The SMILES string of the molecule is Cc1ccc(CC[C@H](N[C@](C)(C(N)=O)c2ccccc2)c2ccc(F)c(C)c2)cn1. The number of primary amides is 1. The van der Waals surface area contributed by atoms with E-state index >= 15 is 0 Å². The van der Waals surface area contributed by atoms with Crippen LogP contribution in [0.2, 0.25) is 0 Å². The fourth-order valence-electron chi connectivity index (χ4n) is 3.58. The lowest BCUT2D eigenvalue weighted by atomic mass is 9.87. The van der Waals surface area contributed by atoms with Gasteiger partial charge in [-0.1, -0.05) is 48.5 Å². The zero-order valence-corrected chi connectivity index (χ0v) is 17.7. The van der Waals surface area contributed by atoms with E-state index in [4.69, 9.17) is 5.73 Å². The minimum atomic E-state index is -1.07. The zero-order chi connectivity index (χ0) is 21.7. The van der Waals surface area contributed by atoms with E-state index in [2.05, 4.69) is 16.4 Å². The molecule has 0 saturated carbocycles. The summed E-state index contributed by atoms with van der Waals surface area (Å²) in [5.41, 5.74) is 9.11. The largest absolute Gasteiger partial charge is 0.368 e. The maximum atomic E-state index is 13.9. The van der Waals surface area contributed by atoms with Gasteiger partial charge < -0.3 is 5.73 Å². The Labute approximate surface area is 177 Å². The molecule has 1 amide bonds. The van der Waals surface area contributed by atoms with Crippen LogP contribution in [0, 0.1) is 19.7 Å². The summed E-state index contributed by atoms with van der Waals surface area (Å²) in [5.74, 6) is -0.713.